The summed E-state index contributed by atoms with van der Waals surface area (Å²) in [6.45, 7) is 11.1. The molecular formula is C23H26BrN5O2. The number of ether oxygens (including phenoxy) is 1. The van der Waals surface area contributed by atoms with Crippen LogP contribution >= 0.6 is 15.9 Å². The van der Waals surface area contributed by atoms with Gasteiger partial charge in [-0.25, -0.2) is 9.50 Å². The third-order valence-corrected chi connectivity index (χ3v) is 6.15. The summed E-state index contributed by atoms with van der Waals surface area (Å²) in [4.78, 5) is 21.2. The zero-order valence-electron chi connectivity index (χ0n) is 17.8. The summed E-state index contributed by atoms with van der Waals surface area (Å²) in [7, 11) is 0. The Kier molecular flexibility index (Phi) is 6.27. The summed E-state index contributed by atoms with van der Waals surface area (Å²) in [5, 5.41) is 4.40. The van der Waals surface area contributed by atoms with Gasteiger partial charge in [0.2, 0.25) is 5.91 Å². The Hall–Kier alpha value is -2.87. The molecule has 3 aromatic heterocycles. The number of hydrogen-bond acceptors (Lipinski definition) is 5. The minimum atomic E-state index is -0.142. The lowest BCUT2D eigenvalue weighted by atomic mass is 10.1. The Morgan fingerprint density at radius 1 is 1.29 bits per heavy atom. The van der Waals surface area contributed by atoms with E-state index in [9.17, 15) is 4.79 Å². The van der Waals surface area contributed by atoms with E-state index in [1.165, 1.54) is 0 Å². The van der Waals surface area contributed by atoms with Crippen molar-refractivity contribution in [1.29, 1.82) is 0 Å². The zero-order valence-corrected chi connectivity index (χ0v) is 19.4. The number of carbonyl (C=O) groups is 1. The number of carbonyl (C=O) groups excluding carboxylic acids is 1. The van der Waals surface area contributed by atoms with Crippen LogP contribution in [0.1, 0.15) is 13.8 Å². The summed E-state index contributed by atoms with van der Waals surface area (Å²) in [6.07, 6.45) is 7.25. The fourth-order valence-electron chi connectivity index (χ4n) is 3.80. The summed E-state index contributed by atoms with van der Waals surface area (Å²) >= 11 is 3.60. The highest BCUT2D eigenvalue weighted by Gasteiger charge is 2.24. The molecule has 1 fully saturated rings. The lowest BCUT2D eigenvalue weighted by molar-refractivity contribution is -0.133. The molecule has 1 aliphatic heterocycles. The number of aromatic nitrogens is 3. The number of pyridine rings is 2. The van der Waals surface area contributed by atoms with Gasteiger partial charge in [-0.3, -0.25) is 4.79 Å². The van der Waals surface area contributed by atoms with Crippen LogP contribution in [0.2, 0.25) is 0 Å². The van der Waals surface area contributed by atoms with Gasteiger partial charge >= 0.3 is 0 Å². The number of fused-ring (bicyclic) bond motifs is 1. The monoisotopic (exact) mass is 483 g/mol. The third-order valence-electron chi connectivity index (χ3n) is 5.57. The molecule has 0 bridgehead atoms. The van der Waals surface area contributed by atoms with E-state index in [0.717, 1.165) is 45.8 Å². The number of amides is 1. The van der Waals surface area contributed by atoms with Gasteiger partial charge in [0.1, 0.15) is 11.6 Å². The Morgan fingerprint density at radius 2 is 2.06 bits per heavy atom. The van der Waals surface area contributed by atoms with E-state index in [-0.39, 0.29) is 11.8 Å². The minimum Gasteiger partial charge on any atom is -0.492 e. The summed E-state index contributed by atoms with van der Waals surface area (Å²) in [5.41, 5.74) is 2.97. The van der Waals surface area contributed by atoms with Crippen molar-refractivity contribution in [3.05, 3.63) is 53.9 Å². The van der Waals surface area contributed by atoms with Gasteiger partial charge in [-0.15, -0.1) is 6.58 Å². The normalized spacial score (nSPS) is 15.2. The van der Waals surface area contributed by atoms with Gasteiger partial charge in [0.25, 0.3) is 0 Å². The molecule has 1 saturated heterocycles. The quantitative estimate of drug-likeness (QED) is 0.495. The second kappa shape index (κ2) is 9.09. The van der Waals surface area contributed by atoms with Crippen molar-refractivity contribution in [1.82, 2.24) is 19.5 Å². The van der Waals surface area contributed by atoms with Crippen molar-refractivity contribution in [3.8, 4) is 16.9 Å². The molecule has 0 aromatic carbocycles. The Balaban J connectivity index is 1.54. The van der Waals surface area contributed by atoms with Crippen LogP contribution in [-0.2, 0) is 4.79 Å². The van der Waals surface area contributed by atoms with Crippen LogP contribution in [0.5, 0.6) is 5.75 Å². The van der Waals surface area contributed by atoms with Crippen molar-refractivity contribution in [2.75, 3.05) is 37.7 Å². The van der Waals surface area contributed by atoms with Crippen molar-refractivity contribution < 1.29 is 9.53 Å². The first-order valence-electron chi connectivity index (χ1n) is 10.4. The standard InChI is InChI=1S/C23H26BrN5O2/c1-4-16(3)23(30)28-10-8-27(9-11-28)21-7-6-17(13-25-21)19-12-18(31-5-2)15-29-22(19)20(24)14-26-29/h4,6-7,12-16H,1,5,8-11H2,2-3H3. The van der Waals surface area contributed by atoms with E-state index in [0.29, 0.717) is 19.7 Å². The Labute approximate surface area is 190 Å². The van der Waals surface area contributed by atoms with Crippen molar-refractivity contribution in [2.24, 2.45) is 5.92 Å². The second-order valence-electron chi connectivity index (χ2n) is 7.55. The Morgan fingerprint density at radius 3 is 2.71 bits per heavy atom. The van der Waals surface area contributed by atoms with E-state index in [1.807, 2.05) is 47.8 Å². The van der Waals surface area contributed by atoms with Gasteiger partial charge < -0.3 is 14.5 Å². The molecule has 1 amide bonds. The number of piperazine rings is 1. The molecule has 31 heavy (non-hydrogen) atoms. The smallest absolute Gasteiger partial charge is 0.229 e. The molecule has 1 aliphatic rings. The molecule has 162 valence electrons. The number of nitrogens with zero attached hydrogens (tertiary/aromatic N) is 5. The minimum absolute atomic E-state index is 0.141. The van der Waals surface area contributed by atoms with E-state index in [1.54, 1.807) is 12.3 Å². The lowest BCUT2D eigenvalue weighted by Gasteiger charge is -2.36. The summed E-state index contributed by atoms with van der Waals surface area (Å²) in [6, 6.07) is 6.13. The van der Waals surface area contributed by atoms with Crippen LogP contribution in [0.25, 0.3) is 16.6 Å². The third kappa shape index (κ3) is 4.30. The molecule has 0 radical (unpaired) electrons. The van der Waals surface area contributed by atoms with Gasteiger partial charge in [0.05, 0.1) is 34.9 Å². The molecule has 3 aromatic rings. The van der Waals surface area contributed by atoms with Gasteiger partial charge in [-0.2, -0.15) is 5.10 Å². The molecule has 4 rings (SSSR count). The van der Waals surface area contributed by atoms with E-state index < -0.39 is 0 Å². The van der Waals surface area contributed by atoms with Crippen LogP contribution in [-0.4, -0.2) is 58.2 Å². The van der Waals surface area contributed by atoms with Gasteiger partial charge in [0, 0.05) is 43.5 Å². The van der Waals surface area contributed by atoms with Gasteiger partial charge in [-0.1, -0.05) is 13.0 Å². The predicted octanol–water partition coefficient (Wildman–Crippen LogP) is 4.03. The maximum absolute atomic E-state index is 12.4. The van der Waals surface area contributed by atoms with Crippen LogP contribution in [0.15, 0.2) is 53.9 Å². The second-order valence-corrected chi connectivity index (χ2v) is 8.40. The molecule has 7 nitrogen and oxygen atoms in total. The first-order chi connectivity index (χ1) is 15.0. The fourth-order valence-corrected chi connectivity index (χ4v) is 4.29. The highest BCUT2D eigenvalue weighted by Crippen LogP contribution is 2.33. The van der Waals surface area contributed by atoms with E-state index >= 15 is 0 Å². The van der Waals surface area contributed by atoms with Crippen molar-refractivity contribution in [3.63, 3.8) is 0 Å². The number of halogens is 1. The summed E-state index contributed by atoms with van der Waals surface area (Å²) in [5.74, 6) is 1.68. The summed E-state index contributed by atoms with van der Waals surface area (Å²) < 4.78 is 8.45. The van der Waals surface area contributed by atoms with E-state index in [4.69, 9.17) is 9.72 Å². The molecule has 0 N–H and O–H groups in total. The highest BCUT2D eigenvalue weighted by atomic mass is 79.9. The predicted molar refractivity (Wildman–Crippen MR) is 125 cm³/mol. The van der Waals surface area contributed by atoms with Crippen LogP contribution in [0, 0.1) is 5.92 Å². The molecule has 1 unspecified atom stereocenters. The lowest BCUT2D eigenvalue weighted by Crippen LogP contribution is -2.50. The fraction of sp³-hybridized carbons (Fsp3) is 0.348. The molecule has 0 saturated carbocycles. The van der Waals surface area contributed by atoms with E-state index in [2.05, 4.69) is 38.6 Å². The van der Waals surface area contributed by atoms with Gasteiger partial charge in [-0.05, 0) is 41.1 Å². The maximum Gasteiger partial charge on any atom is 0.229 e. The molecule has 0 spiro atoms. The highest BCUT2D eigenvalue weighted by molar-refractivity contribution is 9.10. The average Bonchev–Trinajstić information content (AvgIpc) is 3.18. The van der Waals surface area contributed by atoms with Crippen LogP contribution in [0.3, 0.4) is 0 Å². The van der Waals surface area contributed by atoms with Gasteiger partial charge in [0.15, 0.2) is 0 Å². The number of anilines is 1. The topological polar surface area (TPSA) is 63.0 Å². The van der Waals surface area contributed by atoms with Crippen molar-refractivity contribution >= 4 is 33.2 Å². The Bertz CT molecular complexity index is 1090. The zero-order chi connectivity index (χ0) is 22.0. The van der Waals surface area contributed by atoms with Crippen molar-refractivity contribution in [2.45, 2.75) is 13.8 Å². The molecule has 8 heteroatoms. The largest absolute Gasteiger partial charge is 0.492 e. The number of hydrogen-bond donors (Lipinski definition) is 0. The van der Waals surface area contributed by atoms with Crippen LogP contribution in [0.4, 0.5) is 5.82 Å². The van der Waals surface area contributed by atoms with Crippen LogP contribution < -0.4 is 9.64 Å². The maximum atomic E-state index is 12.4. The first-order valence-corrected chi connectivity index (χ1v) is 11.2. The SMILES string of the molecule is C=CC(C)C(=O)N1CCN(c2ccc(-c3cc(OCC)cn4ncc(Br)c34)cn2)CC1. The first kappa shape index (κ1) is 21.4. The molecule has 0 aliphatic carbocycles. The number of rotatable bonds is 6. The molecule has 4 heterocycles. The molecular weight excluding hydrogens is 458 g/mol. The molecule has 1 atom stereocenters. The average molecular weight is 484 g/mol.